The molecule has 0 amide bonds. The number of hydrogen-bond acceptors (Lipinski definition) is 2. The van der Waals surface area contributed by atoms with Crippen molar-refractivity contribution in [2.24, 2.45) is 5.73 Å². The second-order valence-corrected chi connectivity index (χ2v) is 4.36. The quantitative estimate of drug-likeness (QED) is 0.793. The summed E-state index contributed by atoms with van der Waals surface area (Å²) in [4.78, 5) is 4.24. The Morgan fingerprint density at radius 3 is 2.79 bits per heavy atom. The minimum Gasteiger partial charge on any atom is -0.330 e. The monoisotopic (exact) mass is 190 g/mol. The van der Waals surface area contributed by atoms with Crippen LogP contribution in [0.5, 0.6) is 0 Å². The van der Waals surface area contributed by atoms with Crippen LogP contribution >= 0.6 is 0 Å². The van der Waals surface area contributed by atoms with Crippen LogP contribution in [0.3, 0.4) is 0 Å². The Labute approximate surface area is 85.5 Å². The molecule has 0 bridgehead atoms. The molecule has 1 aromatic rings. The van der Waals surface area contributed by atoms with E-state index in [1.165, 1.54) is 24.8 Å². The summed E-state index contributed by atoms with van der Waals surface area (Å²) in [7, 11) is 0. The highest BCUT2D eigenvalue weighted by Crippen LogP contribution is 2.46. The molecule has 1 fully saturated rings. The molecule has 14 heavy (non-hydrogen) atoms. The normalized spacial score (nSPS) is 19.0. The van der Waals surface area contributed by atoms with Crippen molar-refractivity contribution < 1.29 is 0 Å². The Morgan fingerprint density at radius 1 is 1.50 bits per heavy atom. The molecular formula is C12H18N2. The first kappa shape index (κ1) is 9.66. The van der Waals surface area contributed by atoms with E-state index in [9.17, 15) is 0 Å². The smallest absolute Gasteiger partial charge is 0.0375 e. The second kappa shape index (κ2) is 3.70. The van der Waals surface area contributed by atoms with Crippen LogP contribution in [0.2, 0.25) is 0 Å². The van der Waals surface area contributed by atoms with Gasteiger partial charge in [0.15, 0.2) is 0 Å². The molecule has 2 N–H and O–H groups in total. The zero-order valence-corrected chi connectivity index (χ0v) is 8.79. The van der Waals surface area contributed by atoms with Gasteiger partial charge in [0.2, 0.25) is 0 Å². The van der Waals surface area contributed by atoms with E-state index in [0.717, 1.165) is 18.7 Å². The summed E-state index contributed by atoms with van der Waals surface area (Å²) in [5, 5.41) is 0. The van der Waals surface area contributed by atoms with E-state index >= 15 is 0 Å². The lowest BCUT2D eigenvalue weighted by atomic mass is 9.62. The minimum atomic E-state index is 0.391. The Kier molecular flexibility index (Phi) is 2.55. The van der Waals surface area contributed by atoms with Crippen LogP contribution in [0.25, 0.3) is 0 Å². The van der Waals surface area contributed by atoms with Crippen molar-refractivity contribution in [2.75, 3.05) is 6.54 Å². The number of rotatable bonds is 3. The molecule has 1 saturated carbocycles. The van der Waals surface area contributed by atoms with Crippen molar-refractivity contribution in [3.05, 3.63) is 29.6 Å². The first-order valence-corrected chi connectivity index (χ1v) is 5.40. The molecule has 0 spiro atoms. The number of aromatic nitrogens is 1. The zero-order chi connectivity index (χ0) is 10.0. The van der Waals surface area contributed by atoms with Crippen LogP contribution < -0.4 is 5.73 Å². The van der Waals surface area contributed by atoms with E-state index < -0.39 is 0 Å². The molecule has 0 aliphatic heterocycles. The van der Waals surface area contributed by atoms with Crippen LogP contribution in [0.4, 0.5) is 0 Å². The predicted molar refractivity (Wildman–Crippen MR) is 58.2 cm³/mol. The Hall–Kier alpha value is -0.890. The third kappa shape index (κ3) is 1.55. The van der Waals surface area contributed by atoms with Crippen LogP contribution in [-0.4, -0.2) is 11.5 Å². The summed E-state index contributed by atoms with van der Waals surface area (Å²) in [6, 6.07) is 4.37. The van der Waals surface area contributed by atoms with Gasteiger partial charge >= 0.3 is 0 Å². The summed E-state index contributed by atoms with van der Waals surface area (Å²) in [5.74, 6) is 0. The molecule has 76 valence electrons. The van der Waals surface area contributed by atoms with Gasteiger partial charge < -0.3 is 5.73 Å². The molecule has 2 heteroatoms. The fourth-order valence-electron chi connectivity index (χ4n) is 2.44. The van der Waals surface area contributed by atoms with Gasteiger partial charge in [-0.1, -0.05) is 6.42 Å². The highest BCUT2D eigenvalue weighted by atomic mass is 14.7. The molecule has 2 rings (SSSR count). The zero-order valence-electron chi connectivity index (χ0n) is 8.79. The summed E-state index contributed by atoms with van der Waals surface area (Å²) in [6.07, 6.45) is 6.99. The first-order chi connectivity index (χ1) is 6.77. The second-order valence-electron chi connectivity index (χ2n) is 4.36. The number of nitrogens with zero attached hydrogens (tertiary/aromatic N) is 1. The minimum absolute atomic E-state index is 0.391. The lowest BCUT2D eigenvalue weighted by molar-refractivity contribution is 0.229. The largest absolute Gasteiger partial charge is 0.330 e. The van der Waals surface area contributed by atoms with Crippen LogP contribution in [0.15, 0.2) is 18.3 Å². The summed E-state index contributed by atoms with van der Waals surface area (Å²) in [5.41, 5.74) is 8.64. The van der Waals surface area contributed by atoms with Gasteiger partial charge in [-0.25, -0.2) is 0 Å². The van der Waals surface area contributed by atoms with E-state index in [4.69, 9.17) is 5.73 Å². The Bertz CT molecular complexity index is 316. The molecule has 1 aliphatic rings. The molecule has 2 nitrogen and oxygen atoms in total. The first-order valence-electron chi connectivity index (χ1n) is 5.40. The molecule has 0 radical (unpaired) electrons. The maximum Gasteiger partial charge on any atom is 0.0375 e. The van der Waals surface area contributed by atoms with Crippen molar-refractivity contribution in [3.8, 4) is 0 Å². The average molecular weight is 190 g/mol. The van der Waals surface area contributed by atoms with Crippen molar-refractivity contribution in [3.63, 3.8) is 0 Å². The van der Waals surface area contributed by atoms with Crippen molar-refractivity contribution in [2.45, 2.75) is 38.0 Å². The lowest BCUT2D eigenvalue weighted by Gasteiger charge is -2.42. The number of aryl methyl sites for hydroxylation is 1. The van der Waals surface area contributed by atoms with E-state index in [0.29, 0.717) is 5.41 Å². The van der Waals surface area contributed by atoms with E-state index in [2.05, 4.69) is 24.0 Å². The van der Waals surface area contributed by atoms with Crippen molar-refractivity contribution >= 4 is 0 Å². The third-order valence-electron chi connectivity index (χ3n) is 3.44. The van der Waals surface area contributed by atoms with E-state index in [-0.39, 0.29) is 0 Å². The predicted octanol–water partition coefficient (Wildman–Crippen LogP) is 2.16. The lowest BCUT2D eigenvalue weighted by Crippen LogP contribution is -2.36. The average Bonchev–Trinajstić information content (AvgIpc) is 2.11. The van der Waals surface area contributed by atoms with Gasteiger partial charge in [-0.2, -0.15) is 0 Å². The van der Waals surface area contributed by atoms with Gasteiger partial charge in [0.05, 0.1) is 0 Å². The molecule has 1 aliphatic carbocycles. The van der Waals surface area contributed by atoms with Gasteiger partial charge in [-0.15, -0.1) is 0 Å². The molecule has 0 atom stereocenters. The number of pyridine rings is 1. The van der Waals surface area contributed by atoms with Gasteiger partial charge in [0.25, 0.3) is 0 Å². The van der Waals surface area contributed by atoms with Gasteiger partial charge in [0.1, 0.15) is 0 Å². The van der Waals surface area contributed by atoms with Gasteiger partial charge in [0, 0.05) is 11.9 Å². The Balaban J connectivity index is 2.27. The SMILES string of the molecule is Cc1cc(C2(CCN)CCC2)ccn1. The topological polar surface area (TPSA) is 38.9 Å². The highest BCUT2D eigenvalue weighted by Gasteiger charge is 2.37. The molecule has 0 saturated heterocycles. The van der Waals surface area contributed by atoms with E-state index in [1.807, 2.05) is 6.20 Å². The summed E-state index contributed by atoms with van der Waals surface area (Å²) in [6.45, 7) is 2.85. The molecule has 1 heterocycles. The maximum atomic E-state index is 5.68. The number of hydrogen-bond donors (Lipinski definition) is 1. The summed E-state index contributed by atoms with van der Waals surface area (Å²) >= 11 is 0. The molecule has 1 aromatic heterocycles. The molecular weight excluding hydrogens is 172 g/mol. The standard InChI is InChI=1S/C12H18N2/c1-10-9-11(3-8-14-10)12(6-7-13)4-2-5-12/h3,8-9H,2,4-7,13H2,1H3. The van der Waals surface area contributed by atoms with Crippen LogP contribution in [0, 0.1) is 6.92 Å². The van der Waals surface area contributed by atoms with E-state index in [1.54, 1.807) is 0 Å². The van der Waals surface area contributed by atoms with Crippen LogP contribution in [-0.2, 0) is 5.41 Å². The molecule has 0 unspecified atom stereocenters. The van der Waals surface area contributed by atoms with Crippen LogP contribution in [0.1, 0.15) is 36.9 Å². The highest BCUT2D eigenvalue weighted by molar-refractivity contribution is 5.28. The fourth-order valence-corrected chi connectivity index (χ4v) is 2.44. The maximum absolute atomic E-state index is 5.68. The fraction of sp³-hybridized carbons (Fsp3) is 0.583. The summed E-state index contributed by atoms with van der Waals surface area (Å²) < 4.78 is 0. The number of nitrogens with two attached hydrogens (primary N) is 1. The Morgan fingerprint density at radius 2 is 2.29 bits per heavy atom. The van der Waals surface area contributed by atoms with Gasteiger partial charge in [-0.05, 0) is 55.8 Å². The molecule has 0 aromatic carbocycles. The van der Waals surface area contributed by atoms with Crippen molar-refractivity contribution in [1.82, 2.24) is 4.98 Å². The third-order valence-corrected chi connectivity index (χ3v) is 3.44. The van der Waals surface area contributed by atoms with Gasteiger partial charge in [-0.3, -0.25) is 4.98 Å². The van der Waals surface area contributed by atoms with Crippen molar-refractivity contribution in [1.29, 1.82) is 0 Å².